The third-order valence-corrected chi connectivity index (χ3v) is 10.1. The lowest BCUT2D eigenvalue weighted by atomic mass is 10.0. The summed E-state index contributed by atoms with van der Waals surface area (Å²) in [6, 6.07) is 0. The van der Waals surface area contributed by atoms with Crippen molar-refractivity contribution in [1.29, 1.82) is 0 Å². The SMILES string of the molecule is CCCCC/C=C\C/C=C\CCCCCCCCCC(=O)OCC(CO)OC(=O)CCCCCCCCCCCCC/C=C\C/C=C\CCCCCCC. The number of carbonyl (C=O) groups excluding carboxylic acids is 2. The number of aliphatic hydroxyl groups excluding tert-OH is 1. The molecule has 1 atom stereocenters. The largest absolute Gasteiger partial charge is 0.462 e. The topological polar surface area (TPSA) is 72.8 Å². The first-order valence-electron chi connectivity index (χ1n) is 23.2. The Bertz CT molecular complexity index is 904. The summed E-state index contributed by atoms with van der Waals surface area (Å²) >= 11 is 0. The fourth-order valence-corrected chi connectivity index (χ4v) is 6.56. The Morgan fingerprint density at radius 2 is 0.741 bits per heavy atom. The minimum atomic E-state index is -0.776. The van der Waals surface area contributed by atoms with Crippen LogP contribution in [-0.2, 0) is 19.1 Å². The van der Waals surface area contributed by atoms with Crippen molar-refractivity contribution in [3.8, 4) is 0 Å². The average Bonchev–Trinajstić information content (AvgIpc) is 3.17. The van der Waals surface area contributed by atoms with Crippen molar-refractivity contribution < 1.29 is 24.2 Å². The fourth-order valence-electron chi connectivity index (χ4n) is 6.56. The van der Waals surface area contributed by atoms with Crippen LogP contribution in [0, 0.1) is 0 Å². The van der Waals surface area contributed by atoms with E-state index in [0.29, 0.717) is 12.8 Å². The second kappa shape index (κ2) is 45.3. The summed E-state index contributed by atoms with van der Waals surface area (Å²) in [6.07, 6.45) is 57.5. The van der Waals surface area contributed by atoms with Crippen molar-refractivity contribution >= 4 is 11.9 Å². The van der Waals surface area contributed by atoms with E-state index < -0.39 is 6.10 Å². The van der Waals surface area contributed by atoms with Crippen LogP contribution in [0.2, 0.25) is 0 Å². The fraction of sp³-hybridized carbons (Fsp3) is 0.796. The van der Waals surface area contributed by atoms with Gasteiger partial charge in [-0.2, -0.15) is 0 Å². The zero-order chi connectivity index (χ0) is 39.3. The van der Waals surface area contributed by atoms with Gasteiger partial charge in [-0.3, -0.25) is 9.59 Å². The van der Waals surface area contributed by atoms with Crippen molar-refractivity contribution in [2.45, 2.75) is 238 Å². The molecule has 0 amide bonds. The molecule has 5 heteroatoms. The molecule has 1 unspecified atom stereocenters. The van der Waals surface area contributed by atoms with Crippen LogP contribution in [0.25, 0.3) is 0 Å². The summed E-state index contributed by atoms with van der Waals surface area (Å²) in [5.74, 6) is -0.598. The molecule has 0 aliphatic carbocycles. The van der Waals surface area contributed by atoms with Crippen LogP contribution in [0.15, 0.2) is 48.6 Å². The van der Waals surface area contributed by atoms with Crippen LogP contribution in [0.1, 0.15) is 232 Å². The van der Waals surface area contributed by atoms with E-state index in [1.807, 2.05) is 0 Å². The molecule has 0 bridgehead atoms. The van der Waals surface area contributed by atoms with Crippen LogP contribution < -0.4 is 0 Å². The normalized spacial score (nSPS) is 12.6. The molecule has 0 aromatic carbocycles. The monoisotopic (exact) mass is 757 g/mol. The Labute approximate surface area is 335 Å². The summed E-state index contributed by atoms with van der Waals surface area (Å²) < 4.78 is 10.6. The van der Waals surface area contributed by atoms with Crippen LogP contribution in [-0.4, -0.2) is 36.4 Å². The highest BCUT2D eigenvalue weighted by Gasteiger charge is 2.16. The Morgan fingerprint density at radius 1 is 0.426 bits per heavy atom. The second-order valence-corrected chi connectivity index (χ2v) is 15.5. The minimum Gasteiger partial charge on any atom is -0.462 e. The highest BCUT2D eigenvalue weighted by atomic mass is 16.6. The highest BCUT2D eigenvalue weighted by molar-refractivity contribution is 5.70. The van der Waals surface area contributed by atoms with E-state index in [4.69, 9.17) is 9.47 Å². The first-order chi connectivity index (χ1) is 26.6. The quantitative estimate of drug-likeness (QED) is 0.0381. The van der Waals surface area contributed by atoms with Crippen LogP contribution in [0.4, 0.5) is 0 Å². The third-order valence-electron chi connectivity index (χ3n) is 10.1. The number of carbonyl (C=O) groups is 2. The number of esters is 2. The molecule has 0 saturated carbocycles. The van der Waals surface area contributed by atoms with Gasteiger partial charge in [0.2, 0.25) is 0 Å². The molecular formula is C49H88O5. The second-order valence-electron chi connectivity index (χ2n) is 15.5. The molecule has 0 aliphatic rings. The van der Waals surface area contributed by atoms with Gasteiger partial charge >= 0.3 is 11.9 Å². The van der Waals surface area contributed by atoms with E-state index in [0.717, 1.165) is 57.8 Å². The number of rotatable bonds is 42. The number of unbranched alkanes of at least 4 members (excludes halogenated alkanes) is 26. The predicted octanol–water partition coefficient (Wildman–Crippen LogP) is 15.0. The number of aliphatic hydroxyl groups is 1. The van der Waals surface area contributed by atoms with E-state index in [-0.39, 0.29) is 25.2 Å². The number of ether oxygens (including phenoxy) is 2. The van der Waals surface area contributed by atoms with Gasteiger partial charge in [-0.15, -0.1) is 0 Å². The zero-order valence-corrected chi connectivity index (χ0v) is 35.7. The molecule has 0 aromatic heterocycles. The molecule has 0 rings (SSSR count). The Balaban J connectivity index is 3.53. The first-order valence-corrected chi connectivity index (χ1v) is 23.2. The maximum atomic E-state index is 12.2. The summed E-state index contributed by atoms with van der Waals surface area (Å²) in [5, 5.41) is 9.60. The van der Waals surface area contributed by atoms with Gasteiger partial charge in [0.05, 0.1) is 6.61 Å². The van der Waals surface area contributed by atoms with Gasteiger partial charge in [0.25, 0.3) is 0 Å². The molecule has 0 radical (unpaired) electrons. The van der Waals surface area contributed by atoms with E-state index >= 15 is 0 Å². The Hall–Kier alpha value is -2.14. The summed E-state index contributed by atoms with van der Waals surface area (Å²) in [7, 11) is 0. The molecule has 0 aromatic rings. The zero-order valence-electron chi connectivity index (χ0n) is 35.7. The lowest BCUT2D eigenvalue weighted by Crippen LogP contribution is -2.28. The predicted molar refractivity (Wildman–Crippen MR) is 233 cm³/mol. The van der Waals surface area contributed by atoms with Crippen molar-refractivity contribution in [1.82, 2.24) is 0 Å². The van der Waals surface area contributed by atoms with Gasteiger partial charge in [-0.05, 0) is 77.0 Å². The molecule has 54 heavy (non-hydrogen) atoms. The highest BCUT2D eigenvalue weighted by Crippen LogP contribution is 2.14. The van der Waals surface area contributed by atoms with Gasteiger partial charge in [0, 0.05) is 12.8 Å². The Kier molecular flexibility index (Phi) is 43.5. The number of hydrogen-bond acceptors (Lipinski definition) is 5. The lowest BCUT2D eigenvalue weighted by Gasteiger charge is -2.15. The van der Waals surface area contributed by atoms with Crippen molar-refractivity contribution in [2.75, 3.05) is 13.2 Å². The molecular weight excluding hydrogens is 669 g/mol. The standard InChI is InChI=1S/C49H88O5/c1-3-5-7-9-11-13-15-17-19-21-22-23-24-25-26-28-30-32-34-36-38-40-42-44-49(52)54-47(45-50)46-53-48(51)43-41-39-37-35-33-31-29-27-20-18-16-14-12-10-8-6-4-2/h12,14-15,17-18,20-22,47,50H,3-11,13,16,19,23-46H2,1-2H3/b14-12-,17-15-,20-18-,22-21-. The molecule has 1 N–H and O–H groups in total. The van der Waals surface area contributed by atoms with Gasteiger partial charge in [0.15, 0.2) is 6.10 Å². The lowest BCUT2D eigenvalue weighted by molar-refractivity contribution is -0.161. The van der Waals surface area contributed by atoms with Crippen molar-refractivity contribution in [2.24, 2.45) is 0 Å². The van der Waals surface area contributed by atoms with Gasteiger partial charge in [0.1, 0.15) is 6.61 Å². The molecule has 0 saturated heterocycles. The third kappa shape index (κ3) is 42.6. The van der Waals surface area contributed by atoms with E-state index in [2.05, 4.69) is 62.5 Å². The minimum absolute atomic E-state index is 0.0704. The van der Waals surface area contributed by atoms with Crippen molar-refractivity contribution in [3.05, 3.63) is 48.6 Å². The van der Waals surface area contributed by atoms with Crippen LogP contribution in [0.3, 0.4) is 0 Å². The molecule has 5 nitrogen and oxygen atoms in total. The maximum absolute atomic E-state index is 12.2. The summed E-state index contributed by atoms with van der Waals surface area (Å²) in [4.78, 5) is 24.4. The molecule has 0 fully saturated rings. The van der Waals surface area contributed by atoms with E-state index in [1.165, 1.54) is 148 Å². The Morgan fingerprint density at radius 3 is 1.13 bits per heavy atom. The van der Waals surface area contributed by atoms with Gasteiger partial charge in [-0.25, -0.2) is 0 Å². The molecule has 0 spiro atoms. The van der Waals surface area contributed by atoms with Crippen molar-refractivity contribution in [3.63, 3.8) is 0 Å². The van der Waals surface area contributed by atoms with E-state index in [1.54, 1.807) is 0 Å². The molecule has 0 aliphatic heterocycles. The first kappa shape index (κ1) is 51.9. The van der Waals surface area contributed by atoms with Gasteiger partial charge in [-0.1, -0.05) is 191 Å². The summed E-state index contributed by atoms with van der Waals surface area (Å²) in [6.45, 7) is 4.11. The number of allylic oxidation sites excluding steroid dienone is 8. The van der Waals surface area contributed by atoms with Gasteiger partial charge < -0.3 is 14.6 Å². The van der Waals surface area contributed by atoms with Crippen LogP contribution in [0.5, 0.6) is 0 Å². The molecule has 0 heterocycles. The molecule has 314 valence electrons. The van der Waals surface area contributed by atoms with E-state index in [9.17, 15) is 14.7 Å². The summed E-state index contributed by atoms with van der Waals surface area (Å²) in [5.41, 5.74) is 0. The van der Waals surface area contributed by atoms with Crippen LogP contribution >= 0.6 is 0 Å². The smallest absolute Gasteiger partial charge is 0.306 e. The number of hydrogen-bond donors (Lipinski definition) is 1. The maximum Gasteiger partial charge on any atom is 0.306 e. The average molecular weight is 757 g/mol.